The maximum atomic E-state index is 14.1. The minimum absolute atomic E-state index is 0.0169. The lowest BCUT2D eigenvalue weighted by Crippen LogP contribution is -2.55. The molecule has 0 aromatic heterocycles. The minimum Gasteiger partial charge on any atom is -0.379 e. The van der Waals surface area contributed by atoms with Gasteiger partial charge >= 0.3 is 0 Å². The number of halogens is 2. The zero-order valence-electron chi connectivity index (χ0n) is 18.5. The SMILES string of the molecule is CNCC(=O)NC(C(=O)N1Cc2ccccc2C1C(=O)Nc1c(F)cccc1F)C(C)OC. The zero-order valence-corrected chi connectivity index (χ0v) is 18.5. The van der Waals surface area contributed by atoms with Crippen molar-refractivity contribution in [3.8, 4) is 0 Å². The topological polar surface area (TPSA) is 99.8 Å². The highest BCUT2D eigenvalue weighted by Gasteiger charge is 2.42. The van der Waals surface area contributed by atoms with E-state index < -0.39 is 53.2 Å². The summed E-state index contributed by atoms with van der Waals surface area (Å²) < 4.78 is 33.6. The van der Waals surface area contributed by atoms with Gasteiger partial charge in [0.2, 0.25) is 11.8 Å². The molecule has 10 heteroatoms. The number of amides is 3. The van der Waals surface area contributed by atoms with Crippen molar-refractivity contribution in [1.29, 1.82) is 0 Å². The van der Waals surface area contributed by atoms with Gasteiger partial charge in [-0.15, -0.1) is 0 Å². The average Bonchev–Trinajstić information content (AvgIpc) is 3.19. The first-order chi connectivity index (χ1) is 15.8. The molecule has 0 bridgehead atoms. The molecule has 3 N–H and O–H groups in total. The van der Waals surface area contributed by atoms with Crippen LogP contribution in [0.3, 0.4) is 0 Å². The number of nitrogens with one attached hydrogen (secondary N) is 3. The maximum Gasteiger partial charge on any atom is 0.252 e. The number of anilines is 1. The fraction of sp³-hybridized carbons (Fsp3) is 0.348. The van der Waals surface area contributed by atoms with Gasteiger partial charge in [0.05, 0.1) is 12.6 Å². The van der Waals surface area contributed by atoms with E-state index in [1.807, 2.05) is 0 Å². The molecule has 3 atom stereocenters. The summed E-state index contributed by atoms with van der Waals surface area (Å²) in [7, 11) is 2.99. The minimum atomic E-state index is -1.15. The van der Waals surface area contributed by atoms with Crippen molar-refractivity contribution in [3.05, 3.63) is 65.2 Å². The second-order valence-corrected chi connectivity index (χ2v) is 7.67. The molecule has 0 spiro atoms. The molecule has 1 aliphatic heterocycles. The smallest absolute Gasteiger partial charge is 0.252 e. The number of ether oxygens (including phenoxy) is 1. The van der Waals surface area contributed by atoms with Crippen LogP contribution in [-0.4, -0.2) is 55.5 Å². The molecule has 1 heterocycles. The van der Waals surface area contributed by atoms with Crippen molar-refractivity contribution >= 4 is 23.4 Å². The van der Waals surface area contributed by atoms with Crippen LogP contribution >= 0.6 is 0 Å². The summed E-state index contributed by atoms with van der Waals surface area (Å²) in [6.45, 7) is 1.69. The predicted octanol–water partition coefficient (Wildman–Crippen LogP) is 1.73. The van der Waals surface area contributed by atoms with Crippen molar-refractivity contribution in [2.75, 3.05) is 26.0 Å². The third-order valence-corrected chi connectivity index (χ3v) is 5.51. The van der Waals surface area contributed by atoms with Crippen LogP contribution in [0.25, 0.3) is 0 Å². The molecule has 0 saturated heterocycles. The number of benzene rings is 2. The van der Waals surface area contributed by atoms with E-state index in [0.29, 0.717) is 11.1 Å². The van der Waals surface area contributed by atoms with Gasteiger partial charge in [-0.05, 0) is 37.2 Å². The molecule has 33 heavy (non-hydrogen) atoms. The Labute approximate surface area is 190 Å². The van der Waals surface area contributed by atoms with E-state index in [2.05, 4.69) is 16.0 Å². The van der Waals surface area contributed by atoms with E-state index in [1.165, 1.54) is 18.1 Å². The number of carbonyl (C=O) groups excluding carboxylic acids is 3. The molecule has 0 saturated carbocycles. The number of hydrogen-bond acceptors (Lipinski definition) is 5. The number of rotatable bonds is 8. The molecular weight excluding hydrogens is 434 g/mol. The second-order valence-electron chi connectivity index (χ2n) is 7.67. The molecule has 1 aliphatic rings. The molecule has 176 valence electrons. The van der Waals surface area contributed by atoms with Gasteiger partial charge in [-0.2, -0.15) is 0 Å². The van der Waals surface area contributed by atoms with E-state index in [0.717, 1.165) is 12.1 Å². The van der Waals surface area contributed by atoms with Crippen LogP contribution in [0.1, 0.15) is 24.1 Å². The third-order valence-electron chi connectivity index (χ3n) is 5.51. The Kier molecular flexibility index (Phi) is 7.72. The third kappa shape index (κ3) is 5.18. The molecule has 3 rings (SSSR count). The van der Waals surface area contributed by atoms with Crippen LogP contribution in [0.2, 0.25) is 0 Å². The highest BCUT2D eigenvalue weighted by molar-refractivity contribution is 6.00. The normalized spacial score (nSPS) is 16.6. The lowest BCUT2D eigenvalue weighted by Gasteiger charge is -2.31. The molecule has 3 unspecified atom stereocenters. The molecule has 2 aromatic rings. The van der Waals surface area contributed by atoms with Crippen molar-refractivity contribution in [2.24, 2.45) is 0 Å². The van der Waals surface area contributed by atoms with Crippen molar-refractivity contribution in [1.82, 2.24) is 15.5 Å². The molecule has 3 amide bonds. The molecule has 0 aliphatic carbocycles. The van der Waals surface area contributed by atoms with Crippen LogP contribution in [-0.2, 0) is 25.7 Å². The lowest BCUT2D eigenvalue weighted by molar-refractivity contribution is -0.144. The van der Waals surface area contributed by atoms with Gasteiger partial charge < -0.3 is 25.6 Å². The molecule has 2 aromatic carbocycles. The van der Waals surface area contributed by atoms with Gasteiger partial charge in [0.25, 0.3) is 5.91 Å². The number of hydrogen-bond donors (Lipinski definition) is 3. The molecule has 0 radical (unpaired) electrons. The first-order valence-electron chi connectivity index (χ1n) is 10.4. The predicted molar refractivity (Wildman–Crippen MR) is 117 cm³/mol. The van der Waals surface area contributed by atoms with Gasteiger partial charge in [-0.25, -0.2) is 8.78 Å². The summed E-state index contributed by atoms with van der Waals surface area (Å²) in [5, 5.41) is 7.61. The lowest BCUT2D eigenvalue weighted by atomic mass is 10.0. The Morgan fingerprint density at radius 3 is 2.42 bits per heavy atom. The highest BCUT2D eigenvalue weighted by atomic mass is 19.1. The first kappa shape index (κ1) is 24.3. The second kappa shape index (κ2) is 10.5. The number of likely N-dealkylation sites (N-methyl/N-ethyl adjacent to an activating group) is 1. The Morgan fingerprint density at radius 2 is 1.79 bits per heavy atom. The number of fused-ring (bicyclic) bond motifs is 1. The number of para-hydroxylation sites is 1. The van der Waals surface area contributed by atoms with Crippen LogP contribution in [0.4, 0.5) is 14.5 Å². The van der Waals surface area contributed by atoms with Gasteiger partial charge in [-0.1, -0.05) is 30.3 Å². The van der Waals surface area contributed by atoms with Crippen LogP contribution in [0.5, 0.6) is 0 Å². The van der Waals surface area contributed by atoms with Gasteiger partial charge in [0, 0.05) is 13.7 Å². The number of nitrogens with zero attached hydrogens (tertiary/aromatic N) is 1. The Morgan fingerprint density at radius 1 is 1.12 bits per heavy atom. The van der Waals surface area contributed by atoms with Crippen LogP contribution < -0.4 is 16.0 Å². The fourth-order valence-electron chi connectivity index (χ4n) is 3.76. The van der Waals surface area contributed by atoms with Crippen molar-refractivity contribution in [2.45, 2.75) is 31.7 Å². The van der Waals surface area contributed by atoms with Gasteiger partial charge in [0.1, 0.15) is 29.4 Å². The standard InChI is InChI=1S/C23H26F2N4O4/c1-13(33-3)19(27-18(30)11-26-2)23(32)29-12-14-7-4-5-8-15(14)21(29)22(31)28-20-16(24)9-6-10-17(20)25/h4-10,13,19,21,26H,11-12H2,1-3H3,(H,27,30)(H,28,31). The molecule has 0 fully saturated rings. The maximum absolute atomic E-state index is 14.1. The van der Waals surface area contributed by atoms with E-state index in [4.69, 9.17) is 4.74 Å². The monoisotopic (exact) mass is 460 g/mol. The van der Waals surface area contributed by atoms with Crippen molar-refractivity contribution in [3.63, 3.8) is 0 Å². The van der Waals surface area contributed by atoms with Crippen LogP contribution in [0.15, 0.2) is 42.5 Å². The summed E-state index contributed by atoms with van der Waals surface area (Å²) >= 11 is 0. The largest absolute Gasteiger partial charge is 0.379 e. The molecule has 8 nitrogen and oxygen atoms in total. The van der Waals surface area contributed by atoms with Crippen LogP contribution in [0, 0.1) is 11.6 Å². The summed E-state index contributed by atoms with van der Waals surface area (Å²) in [4.78, 5) is 40.2. The summed E-state index contributed by atoms with van der Waals surface area (Å²) in [5.41, 5.74) is 0.652. The van der Waals surface area contributed by atoms with E-state index in [9.17, 15) is 23.2 Å². The summed E-state index contributed by atoms with van der Waals surface area (Å²) in [6, 6.07) is 7.93. The van der Waals surface area contributed by atoms with E-state index in [1.54, 1.807) is 38.2 Å². The first-order valence-corrected chi connectivity index (χ1v) is 10.4. The Balaban J connectivity index is 1.94. The van der Waals surface area contributed by atoms with Gasteiger partial charge in [-0.3, -0.25) is 14.4 Å². The number of carbonyl (C=O) groups is 3. The highest BCUT2D eigenvalue weighted by Crippen LogP contribution is 2.35. The zero-order chi connectivity index (χ0) is 24.1. The Hall–Kier alpha value is -3.37. The van der Waals surface area contributed by atoms with E-state index in [-0.39, 0.29) is 13.1 Å². The molecular formula is C23H26F2N4O4. The van der Waals surface area contributed by atoms with Gasteiger partial charge in [0.15, 0.2) is 0 Å². The fourth-order valence-corrected chi connectivity index (χ4v) is 3.76. The van der Waals surface area contributed by atoms with E-state index >= 15 is 0 Å². The van der Waals surface area contributed by atoms with Crippen molar-refractivity contribution < 1.29 is 27.9 Å². The summed E-state index contributed by atoms with van der Waals surface area (Å²) in [5.74, 6) is -3.62. The quantitative estimate of drug-likeness (QED) is 0.557. The number of methoxy groups -OCH3 is 1. The Bertz CT molecular complexity index is 1030. The summed E-state index contributed by atoms with van der Waals surface area (Å²) in [6.07, 6.45) is -0.699. The average molecular weight is 460 g/mol.